The number of halogens is 1. The van der Waals surface area contributed by atoms with Gasteiger partial charge in [0.05, 0.1) is 12.2 Å². The summed E-state index contributed by atoms with van der Waals surface area (Å²) >= 11 is 6.30. The summed E-state index contributed by atoms with van der Waals surface area (Å²) in [6, 6.07) is 12.7. The van der Waals surface area contributed by atoms with E-state index in [-0.39, 0.29) is 25.6 Å². The molecule has 2 atom stereocenters. The molecule has 1 aliphatic rings. The van der Waals surface area contributed by atoms with Crippen LogP contribution in [0, 0.1) is 0 Å². The first kappa shape index (κ1) is 21.6. The Bertz CT molecular complexity index is 938. The first-order valence-electron chi connectivity index (χ1n) is 9.33. The molecule has 0 aromatic heterocycles. The Balaban J connectivity index is 1.84. The van der Waals surface area contributed by atoms with Gasteiger partial charge in [-0.2, -0.15) is 0 Å². The number of rotatable bonds is 7. The van der Waals surface area contributed by atoms with Gasteiger partial charge < -0.3 is 29.8 Å². The van der Waals surface area contributed by atoms with Gasteiger partial charge in [-0.05, 0) is 23.8 Å². The molecule has 2 N–H and O–H groups in total. The van der Waals surface area contributed by atoms with E-state index in [4.69, 9.17) is 21.4 Å². The van der Waals surface area contributed by atoms with Crippen LogP contribution in [0.4, 0.5) is 10.5 Å². The minimum Gasteiger partial charge on any atom is -0.489 e. The van der Waals surface area contributed by atoms with E-state index in [9.17, 15) is 14.4 Å². The van der Waals surface area contributed by atoms with E-state index in [1.807, 2.05) is 30.3 Å². The highest BCUT2D eigenvalue weighted by molar-refractivity contribution is 6.31. The highest BCUT2D eigenvalue weighted by Gasteiger charge is 2.32. The van der Waals surface area contributed by atoms with Gasteiger partial charge in [0.1, 0.15) is 30.7 Å². The van der Waals surface area contributed by atoms with Crippen LogP contribution < -0.4 is 15.0 Å². The molecule has 8 nitrogen and oxygen atoms in total. The Morgan fingerprint density at radius 3 is 2.73 bits per heavy atom. The fourth-order valence-electron chi connectivity index (χ4n) is 3.14. The van der Waals surface area contributed by atoms with Crippen molar-refractivity contribution >= 4 is 35.6 Å². The molecule has 2 aromatic carbocycles. The number of benzene rings is 2. The van der Waals surface area contributed by atoms with Gasteiger partial charge in [0.25, 0.3) is 0 Å². The van der Waals surface area contributed by atoms with Crippen molar-refractivity contribution in [3.8, 4) is 5.75 Å². The molecule has 1 heterocycles. The standard InChI is InChI=1S/C21H22ClN3O5/c1-24(21(28)29)15(12-26)10-23-17-13-30-19-9-5-4-8-18(19)25(20(17)27)11-14-6-2-3-7-16(14)22/h2-9,12,15,17,23H,10-11,13H2,1H3,(H,28,29)/t15-,17-/m0/s1. The lowest BCUT2D eigenvalue weighted by Crippen LogP contribution is -2.53. The summed E-state index contributed by atoms with van der Waals surface area (Å²) < 4.78 is 5.83. The molecule has 0 bridgehead atoms. The maximum absolute atomic E-state index is 13.4. The van der Waals surface area contributed by atoms with Crippen LogP contribution in [0.5, 0.6) is 5.75 Å². The second kappa shape index (κ2) is 9.60. The fraction of sp³-hybridized carbons (Fsp3) is 0.286. The Hall–Kier alpha value is -3.10. The zero-order valence-electron chi connectivity index (χ0n) is 16.3. The Kier molecular flexibility index (Phi) is 6.91. The first-order valence-corrected chi connectivity index (χ1v) is 9.71. The van der Waals surface area contributed by atoms with Gasteiger partial charge in [-0.1, -0.05) is 41.9 Å². The quantitative estimate of drug-likeness (QED) is 0.653. The summed E-state index contributed by atoms with van der Waals surface area (Å²) in [4.78, 5) is 38.3. The zero-order chi connectivity index (χ0) is 21.7. The van der Waals surface area contributed by atoms with Crippen molar-refractivity contribution in [3.63, 3.8) is 0 Å². The summed E-state index contributed by atoms with van der Waals surface area (Å²) in [5.74, 6) is 0.291. The van der Waals surface area contributed by atoms with Crippen molar-refractivity contribution in [1.82, 2.24) is 10.2 Å². The average Bonchev–Trinajstić information content (AvgIpc) is 2.87. The van der Waals surface area contributed by atoms with Crippen LogP contribution in [0.1, 0.15) is 5.56 Å². The van der Waals surface area contributed by atoms with E-state index >= 15 is 0 Å². The second-order valence-electron chi connectivity index (χ2n) is 6.85. The summed E-state index contributed by atoms with van der Waals surface area (Å²) in [7, 11) is 1.30. The smallest absolute Gasteiger partial charge is 0.407 e. The molecule has 158 valence electrons. The van der Waals surface area contributed by atoms with Gasteiger partial charge in [0.15, 0.2) is 0 Å². The number of ether oxygens (including phenoxy) is 1. The number of aldehydes is 1. The predicted molar refractivity (Wildman–Crippen MR) is 112 cm³/mol. The molecule has 0 saturated carbocycles. The SMILES string of the molecule is CN(C(=O)O)[C@H](C=O)CN[C@H]1COc2ccccc2N(Cc2ccccc2Cl)C1=O. The second-order valence-corrected chi connectivity index (χ2v) is 7.26. The number of hydrogen-bond donors (Lipinski definition) is 2. The molecule has 0 fully saturated rings. The summed E-state index contributed by atoms with van der Waals surface area (Å²) in [5.41, 5.74) is 1.39. The number of para-hydroxylation sites is 2. The van der Waals surface area contributed by atoms with Gasteiger partial charge in [-0.3, -0.25) is 4.79 Å². The highest BCUT2D eigenvalue weighted by atomic mass is 35.5. The number of nitrogens with zero attached hydrogens (tertiary/aromatic N) is 2. The Morgan fingerprint density at radius 2 is 2.03 bits per heavy atom. The Morgan fingerprint density at radius 1 is 1.33 bits per heavy atom. The number of anilines is 1. The molecule has 3 rings (SSSR count). The lowest BCUT2D eigenvalue weighted by Gasteiger charge is -2.27. The molecule has 0 unspecified atom stereocenters. The van der Waals surface area contributed by atoms with Crippen molar-refractivity contribution in [2.24, 2.45) is 0 Å². The van der Waals surface area contributed by atoms with Crippen molar-refractivity contribution in [1.29, 1.82) is 0 Å². The van der Waals surface area contributed by atoms with Crippen molar-refractivity contribution < 1.29 is 24.2 Å². The predicted octanol–water partition coefficient (Wildman–Crippen LogP) is 2.40. The van der Waals surface area contributed by atoms with Crippen LogP contribution >= 0.6 is 11.6 Å². The van der Waals surface area contributed by atoms with Crippen LogP contribution in [0.3, 0.4) is 0 Å². The molecule has 0 saturated heterocycles. The number of carbonyl (C=O) groups is 3. The maximum Gasteiger partial charge on any atom is 0.407 e. The number of fused-ring (bicyclic) bond motifs is 1. The molecular weight excluding hydrogens is 410 g/mol. The van der Waals surface area contributed by atoms with E-state index in [1.54, 1.807) is 23.1 Å². The maximum atomic E-state index is 13.4. The topological polar surface area (TPSA) is 99.2 Å². The van der Waals surface area contributed by atoms with E-state index in [0.717, 1.165) is 10.5 Å². The first-order chi connectivity index (χ1) is 14.4. The summed E-state index contributed by atoms with van der Waals surface area (Å²) in [5, 5.41) is 12.6. The van der Waals surface area contributed by atoms with Crippen LogP contribution in [0.15, 0.2) is 48.5 Å². The number of carbonyl (C=O) groups excluding carboxylic acids is 2. The van der Waals surface area contributed by atoms with Gasteiger partial charge >= 0.3 is 6.09 Å². The molecule has 0 aliphatic carbocycles. The molecule has 2 amide bonds. The third-order valence-electron chi connectivity index (χ3n) is 4.94. The average molecular weight is 432 g/mol. The lowest BCUT2D eigenvalue weighted by atomic mass is 10.1. The van der Waals surface area contributed by atoms with Gasteiger partial charge in [-0.15, -0.1) is 0 Å². The minimum absolute atomic E-state index is 0.0255. The molecule has 0 spiro atoms. The lowest BCUT2D eigenvalue weighted by molar-refractivity contribution is -0.121. The summed E-state index contributed by atoms with van der Waals surface area (Å²) in [6.07, 6.45) is -0.704. The van der Waals surface area contributed by atoms with Crippen LogP contribution in [0.2, 0.25) is 5.02 Å². The number of carboxylic acid groups (broad SMARTS) is 1. The van der Waals surface area contributed by atoms with Crippen LogP contribution in [0.25, 0.3) is 0 Å². The fourth-order valence-corrected chi connectivity index (χ4v) is 3.34. The van der Waals surface area contributed by atoms with Crippen molar-refractivity contribution in [3.05, 3.63) is 59.1 Å². The normalized spacial score (nSPS) is 16.8. The number of likely N-dealkylation sites (N-methyl/N-ethyl adjacent to an activating group) is 1. The minimum atomic E-state index is -1.23. The monoisotopic (exact) mass is 431 g/mol. The third kappa shape index (κ3) is 4.72. The largest absolute Gasteiger partial charge is 0.489 e. The van der Waals surface area contributed by atoms with E-state index in [0.29, 0.717) is 22.7 Å². The van der Waals surface area contributed by atoms with Gasteiger partial charge in [-0.25, -0.2) is 4.79 Å². The third-order valence-corrected chi connectivity index (χ3v) is 5.31. The van der Waals surface area contributed by atoms with Crippen molar-refractivity contribution in [2.45, 2.75) is 18.6 Å². The van der Waals surface area contributed by atoms with Gasteiger partial charge in [0, 0.05) is 18.6 Å². The summed E-state index contributed by atoms with van der Waals surface area (Å²) in [6.45, 7) is 0.253. The number of amides is 2. The van der Waals surface area contributed by atoms with Crippen LogP contribution in [-0.4, -0.2) is 60.6 Å². The molecular formula is C21H22ClN3O5. The van der Waals surface area contributed by atoms with E-state index in [2.05, 4.69) is 5.32 Å². The molecule has 0 radical (unpaired) electrons. The Labute approximate surface area is 179 Å². The number of hydrogen-bond acceptors (Lipinski definition) is 5. The number of nitrogens with one attached hydrogen (secondary N) is 1. The molecule has 2 aromatic rings. The molecule has 9 heteroatoms. The van der Waals surface area contributed by atoms with E-state index < -0.39 is 18.2 Å². The van der Waals surface area contributed by atoms with E-state index in [1.165, 1.54) is 7.05 Å². The molecule has 30 heavy (non-hydrogen) atoms. The zero-order valence-corrected chi connectivity index (χ0v) is 17.1. The van der Waals surface area contributed by atoms with Gasteiger partial charge in [0.2, 0.25) is 5.91 Å². The van der Waals surface area contributed by atoms with Crippen molar-refractivity contribution in [2.75, 3.05) is 25.1 Å². The van der Waals surface area contributed by atoms with Crippen LogP contribution in [-0.2, 0) is 16.1 Å². The highest BCUT2D eigenvalue weighted by Crippen LogP contribution is 2.33. The molecule has 1 aliphatic heterocycles.